The topological polar surface area (TPSA) is 67.9 Å². The molecule has 0 spiro atoms. The molecule has 0 saturated carbocycles. The Bertz CT molecular complexity index is 1180. The van der Waals surface area contributed by atoms with Gasteiger partial charge >= 0.3 is 0 Å². The van der Waals surface area contributed by atoms with Gasteiger partial charge in [0.1, 0.15) is 17.5 Å². The number of carbonyl (C=O) groups excluding carboxylic acids is 2. The van der Waals surface area contributed by atoms with Crippen LogP contribution in [0.15, 0.2) is 72.8 Å². The quantitative estimate of drug-likeness (QED) is 0.368. The van der Waals surface area contributed by atoms with Gasteiger partial charge in [-0.2, -0.15) is 0 Å². The Hall–Kier alpha value is -3.80. The molecule has 0 bridgehead atoms. The van der Waals surface area contributed by atoms with Crippen molar-refractivity contribution in [2.75, 3.05) is 13.7 Å². The van der Waals surface area contributed by atoms with Crippen molar-refractivity contribution < 1.29 is 19.1 Å². The summed E-state index contributed by atoms with van der Waals surface area (Å²) in [6.07, 6.45) is 1.19. The van der Waals surface area contributed by atoms with Gasteiger partial charge in [-0.05, 0) is 62.1 Å². The molecule has 0 aromatic heterocycles. The van der Waals surface area contributed by atoms with E-state index in [1.54, 1.807) is 12.0 Å². The maximum atomic E-state index is 13.7. The molecule has 0 saturated heterocycles. The monoisotopic (exact) mass is 502 g/mol. The molecule has 0 unspecified atom stereocenters. The summed E-state index contributed by atoms with van der Waals surface area (Å²) in [4.78, 5) is 28.9. The van der Waals surface area contributed by atoms with Crippen molar-refractivity contribution in [2.45, 2.75) is 59.2 Å². The van der Waals surface area contributed by atoms with E-state index in [1.807, 2.05) is 100 Å². The number of benzene rings is 3. The Kier molecular flexibility index (Phi) is 10.1. The number of ether oxygens (including phenoxy) is 2. The molecule has 3 aromatic carbocycles. The summed E-state index contributed by atoms with van der Waals surface area (Å²) < 4.78 is 11.3. The van der Waals surface area contributed by atoms with E-state index in [-0.39, 0.29) is 31.0 Å². The number of carbonyl (C=O) groups is 2. The molecule has 0 aliphatic carbocycles. The van der Waals surface area contributed by atoms with Crippen molar-refractivity contribution in [3.8, 4) is 11.5 Å². The van der Waals surface area contributed by atoms with Gasteiger partial charge in [0.05, 0.1) is 7.11 Å². The molecule has 2 atom stereocenters. The molecule has 0 radical (unpaired) electrons. The molecular formula is C31H38N2O4. The summed E-state index contributed by atoms with van der Waals surface area (Å²) in [5, 5.41) is 3.08. The van der Waals surface area contributed by atoms with Crippen LogP contribution in [-0.4, -0.2) is 42.5 Å². The average molecular weight is 503 g/mol. The fourth-order valence-corrected chi connectivity index (χ4v) is 4.15. The van der Waals surface area contributed by atoms with Gasteiger partial charge in [-0.3, -0.25) is 9.59 Å². The van der Waals surface area contributed by atoms with E-state index in [9.17, 15) is 9.59 Å². The highest BCUT2D eigenvalue weighted by atomic mass is 16.5. The van der Waals surface area contributed by atoms with Gasteiger partial charge in [-0.1, -0.05) is 67.1 Å². The third-order valence-corrected chi connectivity index (χ3v) is 6.44. The normalized spacial score (nSPS) is 12.4. The maximum absolute atomic E-state index is 13.7. The molecule has 0 aliphatic heterocycles. The highest BCUT2D eigenvalue weighted by Crippen LogP contribution is 2.21. The first-order valence-corrected chi connectivity index (χ1v) is 12.8. The Morgan fingerprint density at radius 2 is 1.68 bits per heavy atom. The zero-order valence-electron chi connectivity index (χ0n) is 22.5. The third-order valence-electron chi connectivity index (χ3n) is 6.44. The van der Waals surface area contributed by atoms with Crippen LogP contribution < -0.4 is 14.8 Å². The van der Waals surface area contributed by atoms with Crippen LogP contribution >= 0.6 is 0 Å². The van der Waals surface area contributed by atoms with Crippen LogP contribution in [0.3, 0.4) is 0 Å². The molecule has 37 heavy (non-hydrogen) atoms. The Labute approximate surface area is 220 Å². The molecule has 6 nitrogen and oxygen atoms in total. The molecule has 0 heterocycles. The lowest BCUT2D eigenvalue weighted by atomic mass is 10.0. The van der Waals surface area contributed by atoms with E-state index in [0.29, 0.717) is 17.9 Å². The number of nitrogens with one attached hydrogen (secondary N) is 1. The summed E-state index contributed by atoms with van der Waals surface area (Å²) in [6.45, 7) is 8.04. The second kappa shape index (κ2) is 13.5. The van der Waals surface area contributed by atoms with Gasteiger partial charge in [-0.25, -0.2) is 0 Å². The van der Waals surface area contributed by atoms with Gasteiger partial charge in [0, 0.05) is 19.0 Å². The number of rotatable bonds is 12. The zero-order valence-corrected chi connectivity index (χ0v) is 22.5. The lowest BCUT2D eigenvalue weighted by Gasteiger charge is -2.32. The van der Waals surface area contributed by atoms with Crippen LogP contribution in [0.4, 0.5) is 0 Å². The van der Waals surface area contributed by atoms with Crippen molar-refractivity contribution in [3.63, 3.8) is 0 Å². The minimum absolute atomic E-state index is 0.00833. The molecule has 2 amide bonds. The van der Waals surface area contributed by atoms with Crippen molar-refractivity contribution in [1.29, 1.82) is 0 Å². The van der Waals surface area contributed by atoms with Crippen molar-refractivity contribution in [1.82, 2.24) is 10.2 Å². The standard InChI is InChI=1S/C31H38N2O4/c1-6-24(4)32-31(35)28(19-25-11-8-7-9-12-25)33(20-26-13-10-14-27(18-26)36-5)30(34)21-37-29-16-15-22(2)17-23(29)3/h7-18,24,28H,6,19-21H2,1-5H3,(H,32,35)/t24-,28-/m0/s1. The van der Waals surface area contributed by atoms with Crippen LogP contribution in [0.5, 0.6) is 11.5 Å². The Morgan fingerprint density at radius 1 is 0.946 bits per heavy atom. The van der Waals surface area contributed by atoms with Gasteiger partial charge in [0.25, 0.3) is 5.91 Å². The fourth-order valence-electron chi connectivity index (χ4n) is 4.15. The molecule has 196 valence electrons. The Balaban J connectivity index is 1.94. The SMILES string of the molecule is CC[C@H](C)NC(=O)[C@H](Cc1ccccc1)N(Cc1cccc(OC)c1)C(=O)COc1ccc(C)cc1C. The smallest absolute Gasteiger partial charge is 0.261 e. The van der Waals surface area contributed by atoms with E-state index < -0.39 is 6.04 Å². The average Bonchev–Trinajstić information content (AvgIpc) is 2.90. The second-order valence-corrected chi connectivity index (χ2v) is 9.45. The highest BCUT2D eigenvalue weighted by Gasteiger charge is 2.31. The molecule has 3 rings (SSSR count). The summed E-state index contributed by atoms with van der Waals surface area (Å²) >= 11 is 0. The third kappa shape index (κ3) is 8.10. The van der Waals surface area contributed by atoms with E-state index in [4.69, 9.17) is 9.47 Å². The maximum Gasteiger partial charge on any atom is 0.261 e. The minimum Gasteiger partial charge on any atom is -0.497 e. The van der Waals surface area contributed by atoms with Crippen LogP contribution in [0.1, 0.15) is 42.5 Å². The van der Waals surface area contributed by atoms with E-state index in [1.165, 1.54) is 0 Å². The number of hydrogen-bond acceptors (Lipinski definition) is 4. The minimum atomic E-state index is -0.710. The number of nitrogens with zero attached hydrogens (tertiary/aromatic N) is 1. The summed E-state index contributed by atoms with van der Waals surface area (Å²) in [5.41, 5.74) is 3.93. The molecule has 3 aromatic rings. The van der Waals surface area contributed by atoms with E-state index in [2.05, 4.69) is 5.32 Å². The largest absolute Gasteiger partial charge is 0.497 e. The summed E-state index contributed by atoms with van der Waals surface area (Å²) in [5.74, 6) is 0.910. The highest BCUT2D eigenvalue weighted by molar-refractivity contribution is 5.88. The van der Waals surface area contributed by atoms with E-state index >= 15 is 0 Å². The fraction of sp³-hybridized carbons (Fsp3) is 0.355. The second-order valence-electron chi connectivity index (χ2n) is 9.45. The van der Waals surface area contributed by atoms with Crippen LogP contribution in [0.25, 0.3) is 0 Å². The molecule has 0 fully saturated rings. The van der Waals surface area contributed by atoms with Crippen molar-refractivity contribution >= 4 is 11.8 Å². The first kappa shape index (κ1) is 27.8. The first-order valence-electron chi connectivity index (χ1n) is 12.8. The molecule has 0 aliphatic rings. The van der Waals surface area contributed by atoms with Gasteiger partial charge < -0.3 is 19.7 Å². The lowest BCUT2D eigenvalue weighted by Crippen LogP contribution is -2.53. The van der Waals surface area contributed by atoms with Crippen molar-refractivity contribution in [2.24, 2.45) is 0 Å². The number of aryl methyl sites for hydroxylation is 2. The first-order chi connectivity index (χ1) is 17.8. The number of hydrogen-bond donors (Lipinski definition) is 1. The van der Waals surface area contributed by atoms with Crippen LogP contribution in [-0.2, 0) is 22.6 Å². The lowest BCUT2D eigenvalue weighted by molar-refractivity contribution is -0.143. The molecule has 6 heteroatoms. The molecular weight excluding hydrogens is 464 g/mol. The predicted molar refractivity (Wildman–Crippen MR) is 147 cm³/mol. The predicted octanol–water partition coefficient (Wildman–Crippen LogP) is 5.25. The van der Waals surface area contributed by atoms with Gasteiger partial charge in [0.15, 0.2) is 6.61 Å². The number of amides is 2. The van der Waals surface area contributed by atoms with E-state index in [0.717, 1.165) is 28.7 Å². The van der Waals surface area contributed by atoms with Crippen molar-refractivity contribution in [3.05, 3.63) is 95.1 Å². The zero-order chi connectivity index (χ0) is 26.8. The van der Waals surface area contributed by atoms with Gasteiger partial charge in [0.2, 0.25) is 5.91 Å². The summed E-state index contributed by atoms with van der Waals surface area (Å²) in [6, 6.07) is 22.5. The number of methoxy groups -OCH3 is 1. The van der Waals surface area contributed by atoms with Gasteiger partial charge in [-0.15, -0.1) is 0 Å². The van der Waals surface area contributed by atoms with Crippen LogP contribution in [0.2, 0.25) is 0 Å². The summed E-state index contributed by atoms with van der Waals surface area (Å²) in [7, 11) is 1.61. The van der Waals surface area contributed by atoms with Crippen LogP contribution in [0, 0.1) is 13.8 Å². The molecule has 1 N–H and O–H groups in total. The Morgan fingerprint density at radius 3 is 2.35 bits per heavy atom.